The number of likely N-dealkylation sites (N-methyl/N-ethyl adjacent to an activating group) is 1. The number of piperidine rings is 1. The van der Waals surface area contributed by atoms with Gasteiger partial charge < -0.3 is 73.2 Å². The summed E-state index contributed by atoms with van der Waals surface area (Å²) in [6.07, 6.45) is 30.7. The van der Waals surface area contributed by atoms with Gasteiger partial charge in [-0.25, -0.2) is 0 Å². The number of nitrogens with one attached hydrogen (secondary N) is 13. The zero-order valence-electron chi connectivity index (χ0n) is 108. The highest BCUT2D eigenvalue weighted by Gasteiger charge is 2.43. The second-order valence-electron chi connectivity index (χ2n) is 61.2. The fourth-order valence-electron chi connectivity index (χ4n) is 22.7. The number of piperazine rings is 1. The lowest BCUT2D eigenvalue weighted by molar-refractivity contribution is -1.00. The Morgan fingerprint density at radius 1 is 0.280 bits per heavy atom. The molecule has 12 fully saturated rings. The number of fused-ring (bicyclic) bond motifs is 4. The van der Waals surface area contributed by atoms with Crippen LogP contribution in [-0.2, 0) is 29.1 Å². The van der Waals surface area contributed by atoms with Gasteiger partial charge in [-0.05, 0) is 375 Å². The predicted molar refractivity (Wildman–Crippen MR) is 644 cm³/mol. The summed E-state index contributed by atoms with van der Waals surface area (Å²) in [5.41, 5.74) is 12.5. The van der Waals surface area contributed by atoms with Gasteiger partial charge >= 0.3 is 0 Å². The number of rotatable bonds is 8. The molecule has 0 amide bonds. The maximum atomic E-state index is 5.27. The van der Waals surface area contributed by atoms with Crippen molar-refractivity contribution in [2.24, 2.45) is 11.8 Å². The highest BCUT2D eigenvalue weighted by molar-refractivity contribution is 5.25. The van der Waals surface area contributed by atoms with Crippen LogP contribution in [-0.4, -0.2) is 264 Å². The summed E-state index contributed by atoms with van der Waals surface area (Å²) in [5, 5.41) is 0. The molecule has 2 aromatic heterocycles. The summed E-state index contributed by atoms with van der Waals surface area (Å²) >= 11 is 0. The van der Waals surface area contributed by atoms with E-state index < -0.39 is 0 Å². The molecule has 18 nitrogen and oxygen atoms in total. The number of likely N-dealkylation sites (tertiary alicyclic amines) is 5. The number of hydrogen-bond donors (Lipinski definition) is 13. The van der Waals surface area contributed by atoms with Crippen LogP contribution >= 0.6 is 0 Å². The van der Waals surface area contributed by atoms with Gasteiger partial charge in [0.25, 0.3) is 0 Å². The first kappa shape index (κ1) is 138. The number of pyridine rings is 2. The Morgan fingerprint density at radius 3 is 0.880 bits per heavy atom. The van der Waals surface area contributed by atoms with E-state index in [9.17, 15) is 0 Å². The van der Waals surface area contributed by atoms with Crippen molar-refractivity contribution in [3.05, 3.63) is 162 Å². The number of nitrogens with zero attached hydrogens (tertiary/aromatic N) is 3. The van der Waals surface area contributed by atoms with Crippen molar-refractivity contribution in [1.29, 1.82) is 0 Å². The van der Waals surface area contributed by atoms with Crippen LogP contribution in [0.4, 0.5) is 5.69 Å². The number of benzene rings is 3. The molecule has 3 aromatic carbocycles. The Bertz CT molecular complexity index is 4070. The van der Waals surface area contributed by atoms with Crippen LogP contribution in [0.2, 0.25) is 0 Å². The quantitative estimate of drug-likeness (QED) is 0.0710. The van der Waals surface area contributed by atoms with Gasteiger partial charge in [0.1, 0.15) is 70.7 Å². The third-order valence-electron chi connectivity index (χ3n) is 34.2. The van der Waals surface area contributed by atoms with Crippen molar-refractivity contribution in [3.63, 3.8) is 0 Å². The summed E-state index contributed by atoms with van der Waals surface area (Å²) in [5.74, 6) is 2.10. The molecule has 5 aromatic rings. The molecule has 2 bridgehead atoms. The van der Waals surface area contributed by atoms with Gasteiger partial charge in [0.15, 0.2) is 6.73 Å². The maximum Gasteiger partial charge on any atom is 0.182 e. The van der Waals surface area contributed by atoms with Crippen molar-refractivity contribution in [2.75, 3.05) is 172 Å². The number of hydrogen-bond acceptors (Lipinski definition) is 5. The minimum absolute atomic E-state index is 0.242. The van der Waals surface area contributed by atoms with Crippen LogP contribution in [0.3, 0.4) is 0 Å². The van der Waals surface area contributed by atoms with Crippen molar-refractivity contribution >= 4 is 5.69 Å². The molecule has 4 atom stereocenters. The smallest absolute Gasteiger partial charge is 0.182 e. The SMILES string of the molecule is CC(C)(C)[NH+](Cc1ccccc1)C(C)(C)C.CC(C)(C)[NH+](Cc1ccccc1)Cc1ccccc1.CC(C)(C)[NH+]1CC1.CC(C)(C)[NH+]1CC2CCC(CC2)C1.CC(C)(C)[NH+]1CCC1.CC(C)(C)[NH+]1CCCC1.CC(C)(C)[NH+]1CCCC1c1cccnc1.CC(C)(C)[NH+]1CCCCC1.CC(C)(C)[NH+]1CCCCCC1.CC(C)(C)[NH+]1CCOC1.CC(C)(C)[NH+]1CCOCC1.CN1CC[NH+](C(C)(C)C)CC1.C[NH+](c1ccncc1)C(C)(C)C. The molecule has 13 N–H and O–H groups in total. The predicted octanol–water partition coefficient (Wildman–Crippen LogP) is 11.1. The standard InChI is InChI=1S/C18H23N.C15H25N.C13H20N2.C12H23N.C10H16N2.C10H21N.C9H20N2.C9H19N.C8H17NO.C8H17N.C7H15NO.C7H15N.C6H13N/c1-18(2,3)19(14-16-10-6-4-7-11-16)15-17-12-8-5-9-13-17;1-14(2,3)16(15(4,5)6)12-13-10-8-7-9-11-13;1-13(2,3)15-9-5-7-12(15)11-6-4-8-14-10-11;1-12(2,3)13-8-10-4-5-11(9-13)7-6-10;1-10(2,3)12(4)9-5-7-11-8-6-9;1-10(2,3)11-8-6-4-5-7-9-11;1-9(2,3)11-7-5-10(4)6-8-11;1-9(2,3)10-7-5-4-6-8-10;1-8(2,3)9-4-6-10-7-5-9;1-8(2,3)9-6-4-5-7-9;1-7(2,3)8-4-5-9-6-8;1-7(2,3)8-5-4-6-8;1-6(2,3)7-4-5-7/h4-13H,14-15H2,1-3H3;7-11H,12H2,1-6H3;4,6,8,10,12H,5,7,9H2,1-3H3;10-11H,4-9H2,1-3H3;5-8H,1-4H3;4-9H2,1-3H3;5-8H2,1-4H3;4-8H2,1-3H3;4-7H2,1-3H3;4-7H2,1-3H3;4-6H2,1-3H3;4-6H2,1-3H3;4-5H2,1-3H3/p+13. The lowest BCUT2D eigenvalue weighted by Crippen LogP contribution is -3.23. The first-order valence-electron chi connectivity index (χ1n) is 61.0. The Morgan fingerprint density at radius 2 is 0.600 bits per heavy atom. The van der Waals surface area contributed by atoms with Crippen LogP contribution in [0.1, 0.15) is 422 Å². The Hall–Kier alpha value is -4.68. The van der Waals surface area contributed by atoms with E-state index in [0.29, 0.717) is 61.4 Å². The molecule has 17 rings (SSSR count). The molecule has 864 valence electrons. The summed E-state index contributed by atoms with van der Waals surface area (Å²) < 4.78 is 10.5. The Balaban J connectivity index is 0.000000341. The topological polar surface area (TPSA) is 105 Å². The van der Waals surface area contributed by atoms with Gasteiger partial charge in [-0.1, -0.05) is 97.1 Å². The van der Waals surface area contributed by atoms with Crippen LogP contribution in [0.5, 0.6) is 0 Å². The molecule has 1 saturated carbocycles. The lowest BCUT2D eigenvalue weighted by atomic mass is 9.84. The third kappa shape index (κ3) is 57.2. The molecule has 150 heavy (non-hydrogen) atoms. The number of morpholine rings is 1. The van der Waals surface area contributed by atoms with Crippen molar-refractivity contribution < 1.29 is 73.2 Å². The van der Waals surface area contributed by atoms with Gasteiger partial charge in [-0.15, -0.1) is 0 Å². The van der Waals surface area contributed by atoms with Gasteiger partial charge in [-0.2, -0.15) is 0 Å². The molecule has 11 aliphatic heterocycles. The summed E-state index contributed by atoms with van der Waals surface area (Å²) in [6, 6.07) is 41.3. The zero-order chi connectivity index (χ0) is 113. The summed E-state index contributed by atoms with van der Waals surface area (Å²) in [4.78, 5) is 32.7. The highest BCUT2D eigenvalue weighted by atomic mass is 16.5. The molecule has 12 aliphatic rings. The van der Waals surface area contributed by atoms with E-state index >= 15 is 0 Å². The second kappa shape index (κ2) is 63.9. The molecule has 18 heteroatoms. The van der Waals surface area contributed by atoms with Crippen LogP contribution in [0.25, 0.3) is 0 Å². The van der Waals surface area contributed by atoms with Crippen molar-refractivity contribution in [3.8, 4) is 0 Å². The van der Waals surface area contributed by atoms with E-state index in [2.05, 4.69) is 429 Å². The zero-order valence-corrected chi connectivity index (χ0v) is 108. The third-order valence-corrected chi connectivity index (χ3v) is 34.2. The van der Waals surface area contributed by atoms with Crippen molar-refractivity contribution in [2.45, 2.75) is 497 Å². The molecular formula is C132H257N16O2+13. The van der Waals surface area contributed by atoms with Gasteiger partial charge in [0.05, 0.1) is 183 Å². The average Bonchev–Trinajstić information content (AvgIpc) is 1.38. The molecular weight excluding hydrogens is 1840 g/mol. The van der Waals surface area contributed by atoms with Gasteiger partial charge in [-0.3, -0.25) is 14.9 Å². The monoisotopic (exact) mass is 2100 g/mol. The van der Waals surface area contributed by atoms with E-state index in [-0.39, 0.29) is 22.2 Å². The van der Waals surface area contributed by atoms with Gasteiger partial charge in [0, 0.05) is 116 Å². The van der Waals surface area contributed by atoms with E-state index in [0.717, 1.165) is 58.0 Å². The highest BCUT2D eigenvalue weighted by Crippen LogP contribution is 2.30. The fraction of sp³-hybridized carbons (Fsp3) is 0.788. The lowest BCUT2D eigenvalue weighted by Gasteiger charge is -2.42. The minimum atomic E-state index is 0.242. The molecule has 1 aliphatic carbocycles. The van der Waals surface area contributed by atoms with Crippen LogP contribution in [0.15, 0.2) is 140 Å². The molecule has 4 unspecified atom stereocenters. The van der Waals surface area contributed by atoms with Gasteiger partial charge in [0.2, 0.25) is 0 Å². The fourth-order valence-corrected chi connectivity index (χ4v) is 22.7. The van der Waals surface area contributed by atoms with E-state index in [1.807, 2.05) is 35.8 Å². The number of quaternary nitrogens is 13. The molecule has 0 spiro atoms. The summed E-state index contributed by atoms with van der Waals surface area (Å²) in [6.45, 7) is 131. The van der Waals surface area contributed by atoms with Crippen LogP contribution in [0, 0.1) is 11.8 Å². The van der Waals surface area contributed by atoms with Crippen molar-refractivity contribution in [1.82, 2.24) is 14.9 Å². The largest absolute Gasteiger partial charge is 0.370 e. The second-order valence-corrected chi connectivity index (χ2v) is 61.2. The molecule has 11 saturated heterocycles. The number of aromatic nitrogens is 2. The summed E-state index contributed by atoms with van der Waals surface area (Å²) in [7, 11) is 4.38. The number of ether oxygens (including phenoxy) is 2. The maximum absolute atomic E-state index is 5.27. The normalized spacial score (nSPS) is 22.2. The Labute approximate surface area is 930 Å². The first-order valence-corrected chi connectivity index (χ1v) is 61.0. The minimum Gasteiger partial charge on any atom is -0.370 e. The first-order chi connectivity index (χ1) is 69.2. The van der Waals surface area contributed by atoms with E-state index in [4.69, 9.17) is 9.47 Å². The van der Waals surface area contributed by atoms with E-state index in [1.54, 1.807) is 53.9 Å². The molecule has 13 heterocycles. The average molecular weight is 2100 g/mol. The van der Waals surface area contributed by atoms with E-state index in [1.165, 1.54) is 266 Å². The Kier molecular flexibility index (Phi) is 58.6. The molecule has 0 radical (unpaired) electrons. The van der Waals surface area contributed by atoms with Crippen LogP contribution < -0.4 is 63.7 Å².